The molecule has 1 amide bonds. The number of carbonyl (C=O) groups excluding carboxylic acids is 1. The third-order valence-corrected chi connectivity index (χ3v) is 5.16. The van der Waals surface area contributed by atoms with Crippen LogP contribution in [-0.4, -0.2) is 32.2 Å². The molecule has 7 heteroatoms. The summed E-state index contributed by atoms with van der Waals surface area (Å²) in [6, 6.07) is 11.6. The molecule has 3 aromatic rings. The average Bonchev–Trinajstić information content (AvgIpc) is 3.23. The minimum Gasteiger partial charge on any atom is -0.493 e. The van der Waals surface area contributed by atoms with E-state index in [0.717, 1.165) is 17.0 Å². The van der Waals surface area contributed by atoms with Crippen LogP contribution in [-0.2, 0) is 6.42 Å². The largest absolute Gasteiger partial charge is 0.493 e. The van der Waals surface area contributed by atoms with Gasteiger partial charge < -0.3 is 19.5 Å². The maximum absolute atomic E-state index is 12.6. The number of carbonyl (C=O) groups is 1. The van der Waals surface area contributed by atoms with Crippen LogP contribution >= 0.6 is 11.3 Å². The molecule has 0 saturated carbocycles. The fourth-order valence-electron chi connectivity index (χ4n) is 2.74. The first kappa shape index (κ1) is 19.7. The van der Waals surface area contributed by atoms with Crippen LogP contribution in [0.3, 0.4) is 0 Å². The third kappa shape index (κ3) is 4.09. The Kier molecular flexibility index (Phi) is 6.16. The molecular formula is C21H22N2O4S. The summed E-state index contributed by atoms with van der Waals surface area (Å²) in [6.07, 6.45) is 0.987. The van der Waals surface area contributed by atoms with Gasteiger partial charge in [-0.15, -0.1) is 11.3 Å². The average molecular weight is 398 g/mol. The summed E-state index contributed by atoms with van der Waals surface area (Å²) >= 11 is 1.44. The minimum absolute atomic E-state index is 0.304. The van der Waals surface area contributed by atoms with Gasteiger partial charge in [0, 0.05) is 28.8 Å². The maximum atomic E-state index is 12.6. The third-order valence-electron chi connectivity index (χ3n) is 4.27. The number of hydrogen-bond acceptors (Lipinski definition) is 6. The number of aryl methyl sites for hydroxylation is 1. The van der Waals surface area contributed by atoms with E-state index in [1.807, 2.05) is 12.1 Å². The molecule has 0 radical (unpaired) electrons. The highest BCUT2D eigenvalue weighted by Gasteiger charge is 2.17. The van der Waals surface area contributed by atoms with E-state index in [0.29, 0.717) is 28.6 Å². The van der Waals surface area contributed by atoms with Gasteiger partial charge in [0.1, 0.15) is 10.7 Å². The van der Waals surface area contributed by atoms with Crippen LogP contribution in [0.4, 0.5) is 5.69 Å². The van der Waals surface area contributed by atoms with Gasteiger partial charge in [-0.1, -0.05) is 31.2 Å². The second-order valence-electron chi connectivity index (χ2n) is 5.96. The lowest BCUT2D eigenvalue weighted by Gasteiger charge is -2.14. The van der Waals surface area contributed by atoms with Crippen molar-refractivity contribution in [2.45, 2.75) is 13.3 Å². The van der Waals surface area contributed by atoms with E-state index in [9.17, 15) is 4.79 Å². The summed E-state index contributed by atoms with van der Waals surface area (Å²) in [5, 5.41) is 5.38. The van der Waals surface area contributed by atoms with Gasteiger partial charge in [-0.05, 0) is 12.0 Å². The quantitative estimate of drug-likeness (QED) is 0.627. The van der Waals surface area contributed by atoms with Crippen molar-refractivity contribution in [1.82, 2.24) is 4.98 Å². The van der Waals surface area contributed by atoms with Crippen molar-refractivity contribution in [1.29, 1.82) is 0 Å². The topological polar surface area (TPSA) is 69.7 Å². The molecule has 3 rings (SSSR count). The fraction of sp³-hybridized carbons (Fsp3) is 0.238. The van der Waals surface area contributed by atoms with Crippen LogP contribution in [0, 0.1) is 0 Å². The first-order valence-electron chi connectivity index (χ1n) is 8.75. The molecule has 0 atom stereocenters. The lowest BCUT2D eigenvalue weighted by molar-refractivity contribution is 0.102. The summed E-state index contributed by atoms with van der Waals surface area (Å²) in [7, 11) is 4.58. The number of amides is 1. The number of nitrogens with one attached hydrogen (secondary N) is 1. The second kappa shape index (κ2) is 8.75. The molecule has 0 bridgehead atoms. The van der Waals surface area contributed by atoms with Gasteiger partial charge in [0.15, 0.2) is 11.5 Å². The molecule has 0 aliphatic heterocycles. The predicted octanol–water partition coefficient (Wildman–Crippen LogP) is 4.65. The van der Waals surface area contributed by atoms with E-state index in [4.69, 9.17) is 14.2 Å². The number of benzene rings is 2. The second-order valence-corrected chi connectivity index (χ2v) is 6.81. The number of ether oxygens (including phenoxy) is 3. The van der Waals surface area contributed by atoms with Crippen LogP contribution in [0.5, 0.6) is 17.2 Å². The SMILES string of the molecule is CCc1ccc(-c2nc(C(=O)Nc3cc(OC)c(OC)c(OC)c3)cs2)cc1. The van der Waals surface area contributed by atoms with E-state index in [1.165, 1.54) is 38.2 Å². The number of aromatic nitrogens is 1. The van der Waals surface area contributed by atoms with Gasteiger partial charge >= 0.3 is 0 Å². The Morgan fingerprint density at radius 1 is 1.04 bits per heavy atom. The number of rotatable bonds is 7. The van der Waals surface area contributed by atoms with Crippen LogP contribution < -0.4 is 19.5 Å². The molecule has 0 aliphatic carbocycles. The Labute approximate surface area is 168 Å². The normalized spacial score (nSPS) is 10.4. The van der Waals surface area contributed by atoms with Crippen LogP contribution in [0.15, 0.2) is 41.8 Å². The molecule has 0 fully saturated rings. The first-order valence-corrected chi connectivity index (χ1v) is 9.63. The lowest BCUT2D eigenvalue weighted by Crippen LogP contribution is -2.12. The minimum atomic E-state index is -0.304. The van der Waals surface area contributed by atoms with E-state index >= 15 is 0 Å². The molecule has 146 valence electrons. The molecule has 28 heavy (non-hydrogen) atoms. The van der Waals surface area contributed by atoms with Crippen molar-refractivity contribution in [2.75, 3.05) is 26.6 Å². The zero-order valence-corrected chi connectivity index (χ0v) is 17.1. The Morgan fingerprint density at radius 2 is 1.68 bits per heavy atom. The molecule has 1 heterocycles. The van der Waals surface area contributed by atoms with E-state index in [-0.39, 0.29) is 5.91 Å². The molecule has 2 aromatic carbocycles. The predicted molar refractivity (Wildman–Crippen MR) is 111 cm³/mol. The van der Waals surface area contributed by atoms with Gasteiger partial charge in [-0.3, -0.25) is 4.79 Å². The summed E-state index contributed by atoms with van der Waals surface area (Å²) in [5.41, 5.74) is 3.14. The van der Waals surface area contributed by atoms with Gasteiger partial charge in [0.2, 0.25) is 5.75 Å². The summed E-state index contributed by atoms with van der Waals surface area (Å²) < 4.78 is 15.9. The molecule has 6 nitrogen and oxygen atoms in total. The number of methoxy groups -OCH3 is 3. The Balaban J connectivity index is 1.81. The molecule has 0 aliphatic rings. The van der Waals surface area contributed by atoms with Crippen molar-refractivity contribution in [3.05, 3.63) is 53.0 Å². The first-order chi connectivity index (χ1) is 13.6. The number of nitrogens with zero attached hydrogens (tertiary/aromatic N) is 1. The van der Waals surface area contributed by atoms with Crippen LogP contribution in [0.2, 0.25) is 0 Å². The van der Waals surface area contributed by atoms with Crippen molar-refractivity contribution in [3.8, 4) is 27.8 Å². The molecule has 1 aromatic heterocycles. The highest BCUT2D eigenvalue weighted by Crippen LogP contribution is 2.40. The summed E-state index contributed by atoms with van der Waals surface area (Å²) in [6.45, 7) is 2.12. The standard InChI is InChI=1S/C21H22N2O4S/c1-5-13-6-8-14(9-7-13)21-23-16(12-28-21)20(24)22-15-10-17(25-2)19(27-4)18(11-15)26-3/h6-12H,5H2,1-4H3,(H,22,24). The molecule has 1 N–H and O–H groups in total. The van der Waals surface area contributed by atoms with Gasteiger partial charge in [-0.25, -0.2) is 4.98 Å². The zero-order valence-electron chi connectivity index (χ0n) is 16.2. The maximum Gasteiger partial charge on any atom is 0.275 e. The van der Waals surface area contributed by atoms with Crippen molar-refractivity contribution in [3.63, 3.8) is 0 Å². The zero-order chi connectivity index (χ0) is 20.1. The molecule has 0 saturated heterocycles. The fourth-order valence-corrected chi connectivity index (χ4v) is 3.55. The van der Waals surface area contributed by atoms with Crippen LogP contribution in [0.1, 0.15) is 23.0 Å². The Hall–Kier alpha value is -3.06. The van der Waals surface area contributed by atoms with E-state index in [2.05, 4.69) is 29.4 Å². The molecular weight excluding hydrogens is 376 g/mol. The van der Waals surface area contributed by atoms with Gasteiger partial charge in [-0.2, -0.15) is 0 Å². The molecule has 0 unspecified atom stereocenters. The summed E-state index contributed by atoms with van der Waals surface area (Å²) in [4.78, 5) is 17.1. The molecule has 0 spiro atoms. The Morgan fingerprint density at radius 3 is 2.21 bits per heavy atom. The van der Waals surface area contributed by atoms with E-state index < -0.39 is 0 Å². The highest BCUT2D eigenvalue weighted by molar-refractivity contribution is 7.13. The van der Waals surface area contributed by atoms with Crippen molar-refractivity contribution >= 4 is 22.9 Å². The van der Waals surface area contributed by atoms with Gasteiger partial charge in [0.25, 0.3) is 5.91 Å². The Bertz CT molecular complexity index is 942. The summed E-state index contributed by atoms with van der Waals surface area (Å²) in [5.74, 6) is 1.09. The van der Waals surface area contributed by atoms with Crippen molar-refractivity contribution < 1.29 is 19.0 Å². The number of anilines is 1. The highest BCUT2D eigenvalue weighted by atomic mass is 32.1. The number of thiazole rings is 1. The lowest BCUT2D eigenvalue weighted by atomic mass is 10.1. The van der Waals surface area contributed by atoms with E-state index in [1.54, 1.807) is 17.5 Å². The monoisotopic (exact) mass is 398 g/mol. The van der Waals surface area contributed by atoms with Crippen LogP contribution in [0.25, 0.3) is 10.6 Å². The smallest absolute Gasteiger partial charge is 0.275 e. The van der Waals surface area contributed by atoms with Crippen molar-refractivity contribution in [2.24, 2.45) is 0 Å². The number of hydrogen-bond donors (Lipinski definition) is 1. The van der Waals surface area contributed by atoms with Gasteiger partial charge in [0.05, 0.1) is 21.3 Å².